The lowest BCUT2D eigenvalue weighted by Crippen LogP contribution is -2.32. The number of hydrogen-bond acceptors (Lipinski definition) is 3. The first-order chi connectivity index (χ1) is 4.72. The molecule has 4 nitrogen and oxygen atoms in total. The van der Waals surface area contributed by atoms with E-state index in [1.54, 1.807) is 13.1 Å². The van der Waals surface area contributed by atoms with Gasteiger partial charge in [0.05, 0.1) is 0 Å². The number of nitro groups is 1. The van der Waals surface area contributed by atoms with Crippen molar-refractivity contribution in [3.8, 4) is 0 Å². The maximum atomic E-state index is 10.3. The molecule has 0 radical (unpaired) electrons. The van der Waals surface area contributed by atoms with Crippen LogP contribution in [-0.4, -0.2) is 23.2 Å². The Morgan fingerprint density at radius 3 is 2.90 bits per heavy atom. The first kappa shape index (κ1) is 7.18. The molecule has 2 atom stereocenters. The van der Waals surface area contributed by atoms with Crippen molar-refractivity contribution < 1.29 is 4.92 Å². The largest absolute Gasteiger partial charge is 0.287 e. The van der Waals surface area contributed by atoms with Crippen LogP contribution in [0.3, 0.4) is 0 Å². The Morgan fingerprint density at radius 2 is 2.50 bits per heavy atom. The van der Waals surface area contributed by atoms with E-state index in [-0.39, 0.29) is 11.0 Å². The summed E-state index contributed by atoms with van der Waals surface area (Å²) in [6.07, 6.45) is 3.15. The second-order valence-electron chi connectivity index (χ2n) is 2.50. The molecule has 0 fully saturated rings. The van der Waals surface area contributed by atoms with E-state index in [9.17, 15) is 10.1 Å². The van der Waals surface area contributed by atoms with Crippen LogP contribution in [0.25, 0.3) is 0 Å². The molecule has 0 amide bonds. The Hall–Kier alpha value is -0.930. The van der Waals surface area contributed by atoms with Crippen molar-refractivity contribution in [1.29, 1.82) is 0 Å². The van der Waals surface area contributed by atoms with Crippen LogP contribution < -0.4 is 0 Å². The molecule has 0 N–H and O–H groups in total. The molecule has 0 bridgehead atoms. The molecule has 0 aliphatic carbocycles. The van der Waals surface area contributed by atoms with Gasteiger partial charge in [-0.1, -0.05) is 0 Å². The van der Waals surface area contributed by atoms with Crippen molar-refractivity contribution in [3.63, 3.8) is 0 Å². The molecular formula is C6H10N2O2. The van der Waals surface area contributed by atoms with Crippen LogP contribution in [-0.2, 0) is 0 Å². The average molecular weight is 142 g/mol. The molecular weight excluding hydrogens is 132 g/mol. The summed E-state index contributed by atoms with van der Waals surface area (Å²) in [6, 6.07) is -0.589. The first-order valence-electron chi connectivity index (χ1n) is 3.37. The molecule has 1 rings (SSSR count). The topological polar surface area (TPSA) is 55.5 Å². The maximum Gasteiger partial charge on any atom is 0.235 e. The molecule has 0 aromatic carbocycles. The summed E-state index contributed by atoms with van der Waals surface area (Å²) in [5.74, 6) is 0. The standard InChI is InChI=1S/C6H10N2O2/c1-5-6(8(9)10)3-2-4-7-5/h4-6H,2-3H2,1H3. The fraction of sp³-hybridized carbons (Fsp3) is 0.833. The van der Waals surface area contributed by atoms with Gasteiger partial charge in [-0.3, -0.25) is 15.1 Å². The van der Waals surface area contributed by atoms with Crippen LogP contribution in [0.4, 0.5) is 0 Å². The van der Waals surface area contributed by atoms with E-state index in [0.717, 1.165) is 6.42 Å². The number of nitrogens with zero attached hydrogens (tertiary/aromatic N) is 2. The predicted molar refractivity (Wildman–Crippen MR) is 38.0 cm³/mol. The molecule has 56 valence electrons. The SMILES string of the molecule is CC1N=CCCC1[N+](=O)[O-]. The summed E-state index contributed by atoms with van der Waals surface area (Å²) in [4.78, 5) is 14.0. The third kappa shape index (κ3) is 1.32. The van der Waals surface area contributed by atoms with E-state index >= 15 is 0 Å². The summed E-state index contributed by atoms with van der Waals surface area (Å²) >= 11 is 0. The van der Waals surface area contributed by atoms with E-state index in [1.807, 2.05) is 0 Å². The van der Waals surface area contributed by atoms with Crippen molar-refractivity contribution in [2.75, 3.05) is 0 Å². The van der Waals surface area contributed by atoms with Crippen molar-refractivity contribution in [2.24, 2.45) is 4.99 Å². The molecule has 2 unspecified atom stereocenters. The number of hydrogen-bond donors (Lipinski definition) is 0. The van der Waals surface area contributed by atoms with E-state index in [2.05, 4.69) is 4.99 Å². The zero-order valence-corrected chi connectivity index (χ0v) is 5.86. The monoisotopic (exact) mass is 142 g/mol. The van der Waals surface area contributed by atoms with E-state index in [1.165, 1.54) is 0 Å². The van der Waals surface area contributed by atoms with Crippen LogP contribution in [0.2, 0.25) is 0 Å². The molecule has 0 spiro atoms. The van der Waals surface area contributed by atoms with Gasteiger partial charge in [-0.25, -0.2) is 0 Å². The Morgan fingerprint density at radius 1 is 1.80 bits per heavy atom. The van der Waals surface area contributed by atoms with Crippen LogP contribution in [0.1, 0.15) is 19.8 Å². The zero-order valence-electron chi connectivity index (χ0n) is 5.86. The average Bonchev–Trinajstić information content (AvgIpc) is 1.88. The summed E-state index contributed by atoms with van der Waals surface area (Å²) in [5, 5.41) is 10.3. The normalized spacial score (nSPS) is 32.1. The highest BCUT2D eigenvalue weighted by atomic mass is 16.6. The maximum absolute atomic E-state index is 10.3. The lowest BCUT2D eigenvalue weighted by molar-refractivity contribution is -0.526. The van der Waals surface area contributed by atoms with Crippen LogP contribution in [0.5, 0.6) is 0 Å². The van der Waals surface area contributed by atoms with Crippen LogP contribution >= 0.6 is 0 Å². The van der Waals surface area contributed by atoms with Crippen molar-refractivity contribution in [3.05, 3.63) is 10.1 Å². The van der Waals surface area contributed by atoms with Crippen LogP contribution in [0, 0.1) is 10.1 Å². The highest BCUT2D eigenvalue weighted by Gasteiger charge is 2.28. The molecule has 1 aliphatic heterocycles. The van der Waals surface area contributed by atoms with Crippen molar-refractivity contribution in [1.82, 2.24) is 0 Å². The van der Waals surface area contributed by atoms with Gasteiger partial charge in [0.15, 0.2) is 0 Å². The smallest absolute Gasteiger partial charge is 0.235 e. The van der Waals surface area contributed by atoms with Gasteiger partial charge >= 0.3 is 0 Å². The highest BCUT2D eigenvalue weighted by Crippen LogP contribution is 2.12. The minimum Gasteiger partial charge on any atom is -0.287 e. The minimum absolute atomic E-state index is 0.135. The fourth-order valence-corrected chi connectivity index (χ4v) is 1.11. The molecule has 1 heterocycles. The summed E-state index contributed by atoms with van der Waals surface area (Å²) < 4.78 is 0. The first-order valence-corrected chi connectivity index (χ1v) is 3.37. The van der Waals surface area contributed by atoms with Gasteiger partial charge in [0.2, 0.25) is 6.04 Å². The molecule has 0 saturated heterocycles. The van der Waals surface area contributed by atoms with E-state index in [0.29, 0.717) is 6.42 Å². The van der Waals surface area contributed by atoms with E-state index in [4.69, 9.17) is 0 Å². The summed E-state index contributed by atoms with van der Waals surface area (Å²) in [5.41, 5.74) is 0. The Kier molecular flexibility index (Phi) is 1.99. The van der Waals surface area contributed by atoms with E-state index < -0.39 is 6.04 Å². The quantitative estimate of drug-likeness (QED) is 0.403. The van der Waals surface area contributed by atoms with Crippen molar-refractivity contribution in [2.45, 2.75) is 31.8 Å². The van der Waals surface area contributed by atoms with Gasteiger partial charge in [0, 0.05) is 11.3 Å². The van der Waals surface area contributed by atoms with Gasteiger partial charge in [-0.2, -0.15) is 0 Å². The van der Waals surface area contributed by atoms with Gasteiger partial charge in [-0.15, -0.1) is 0 Å². The lowest BCUT2D eigenvalue weighted by atomic mass is 10.0. The highest BCUT2D eigenvalue weighted by molar-refractivity contribution is 5.58. The molecule has 1 aliphatic rings. The summed E-state index contributed by atoms with van der Waals surface area (Å²) in [6.45, 7) is 1.78. The molecule has 10 heavy (non-hydrogen) atoms. The predicted octanol–water partition coefficient (Wildman–Crippen LogP) is 0.885. The Labute approximate surface area is 59.1 Å². The second kappa shape index (κ2) is 2.77. The second-order valence-corrected chi connectivity index (χ2v) is 2.50. The van der Waals surface area contributed by atoms with Gasteiger partial charge in [0.1, 0.15) is 6.04 Å². The Bertz CT molecular complexity index is 167. The van der Waals surface area contributed by atoms with Crippen LogP contribution in [0.15, 0.2) is 4.99 Å². The lowest BCUT2D eigenvalue weighted by Gasteiger charge is -2.15. The number of aliphatic imine (C=N–C) groups is 1. The third-order valence-electron chi connectivity index (χ3n) is 1.76. The van der Waals surface area contributed by atoms with Gasteiger partial charge < -0.3 is 0 Å². The fourth-order valence-electron chi connectivity index (χ4n) is 1.11. The number of rotatable bonds is 1. The third-order valence-corrected chi connectivity index (χ3v) is 1.76. The molecule has 0 aromatic heterocycles. The van der Waals surface area contributed by atoms with Gasteiger partial charge in [-0.05, 0) is 19.6 Å². The van der Waals surface area contributed by atoms with Gasteiger partial charge in [0.25, 0.3) is 0 Å². The molecule has 4 heteroatoms. The molecule has 0 saturated carbocycles. The molecule has 0 aromatic rings. The van der Waals surface area contributed by atoms with Crippen molar-refractivity contribution >= 4 is 6.21 Å². The zero-order chi connectivity index (χ0) is 7.56. The summed E-state index contributed by atoms with van der Waals surface area (Å²) in [7, 11) is 0. The minimum atomic E-state index is -0.454. The Balaban J connectivity index is 2.60.